The van der Waals surface area contributed by atoms with Gasteiger partial charge < -0.3 is 9.47 Å². The number of carbonyl (C=O) groups is 1. The van der Waals surface area contributed by atoms with Crippen LogP contribution in [0.25, 0.3) is 6.08 Å². The maximum atomic E-state index is 11.9. The Morgan fingerprint density at radius 3 is 2.73 bits per heavy atom. The van der Waals surface area contributed by atoms with Gasteiger partial charge in [-0.15, -0.1) is 11.3 Å². The van der Waals surface area contributed by atoms with Gasteiger partial charge in [0, 0.05) is 11.5 Å². The van der Waals surface area contributed by atoms with Crippen LogP contribution in [0.2, 0.25) is 0 Å². The van der Waals surface area contributed by atoms with Crippen molar-refractivity contribution in [2.24, 2.45) is 0 Å². The lowest BCUT2D eigenvalue weighted by Crippen LogP contribution is -2.07. The van der Waals surface area contributed by atoms with E-state index in [0.29, 0.717) is 16.6 Å². The molecule has 22 heavy (non-hydrogen) atoms. The van der Waals surface area contributed by atoms with Gasteiger partial charge in [-0.2, -0.15) is 0 Å². The average Bonchev–Trinajstić information content (AvgIpc) is 3.00. The normalized spacial score (nSPS) is 10.7. The van der Waals surface area contributed by atoms with Crippen molar-refractivity contribution in [3.05, 3.63) is 40.9 Å². The molecule has 0 saturated heterocycles. The fourth-order valence-electron chi connectivity index (χ4n) is 1.80. The summed E-state index contributed by atoms with van der Waals surface area (Å²) >= 11 is 1.42. The van der Waals surface area contributed by atoms with Crippen LogP contribution in [0.4, 0.5) is 5.13 Å². The van der Waals surface area contributed by atoms with Gasteiger partial charge >= 0.3 is 0 Å². The second-order valence-corrected chi connectivity index (χ2v) is 5.29. The van der Waals surface area contributed by atoms with Crippen molar-refractivity contribution < 1.29 is 14.3 Å². The van der Waals surface area contributed by atoms with Crippen LogP contribution in [-0.4, -0.2) is 25.1 Å². The predicted octanol–water partition coefficient (Wildman–Crippen LogP) is 3.37. The van der Waals surface area contributed by atoms with Gasteiger partial charge in [-0.05, 0) is 30.2 Å². The van der Waals surface area contributed by atoms with Crippen molar-refractivity contribution in [1.82, 2.24) is 4.98 Å². The molecular formula is C16H18N2O3S. The average molecular weight is 318 g/mol. The van der Waals surface area contributed by atoms with E-state index >= 15 is 0 Å². The minimum atomic E-state index is -0.216. The fraction of sp³-hybridized carbons (Fsp3) is 0.250. The van der Waals surface area contributed by atoms with Crippen molar-refractivity contribution in [3.8, 4) is 11.5 Å². The van der Waals surface area contributed by atoms with Gasteiger partial charge in [-0.25, -0.2) is 4.98 Å². The monoisotopic (exact) mass is 318 g/mol. The largest absolute Gasteiger partial charge is 0.493 e. The number of rotatable bonds is 6. The molecule has 0 saturated carbocycles. The Balaban J connectivity index is 2.02. The zero-order valence-corrected chi connectivity index (χ0v) is 13.6. The lowest BCUT2D eigenvalue weighted by Gasteiger charge is -2.07. The first-order valence-corrected chi connectivity index (χ1v) is 7.69. The van der Waals surface area contributed by atoms with Gasteiger partial charge in [-0.3, -0.25) is 10.1 Å². The van der Waals surface area contributed by atoms with E-state index in [1.807, 2.05) is 18.4 Å². The highest BCUT2D eigenvalue weighted by molar-refractivity contribution is 7.13. The molecular weight excluding hydrogens is 300 g/mol. The van der Waals surface area contributed by atoms with Gasteiger partial charge in [0.05, 0.1) is 19.9 Å². The topological polar surface area (TPSA) is 60.5 Å². The summed E-state index contributed by atoms with van der Waals surface area (Å²) in [6.45, 7) is 2.03. The molecule has 1 aromatic carbocycles. The molecule has 1 N–H and O–H groups in total. The number of carbonyl (C=O) groups excluding carboxylic acids is 1. The highest BCUT2D eigenvalue weighted by Crippen LogP contribution is 2.28. The number of nitrogens with zero attached hydrogens (tertiary/aromatic N) is 1. The van der Waals surface area contributed by atoms with E-state index < -0.39 is 0 Å². The summed E-state index contributed by atoms with van der Waals surface area (Å²) in [5, 5.41) is 5.29. The Bertz CT molecular complexity index is 680. The Morgan fingerprint density at radius 1 is 1.32 bits per heavy atom. The summed E-state index contributed by atoms with van der Waals surface area (Å²) < 4.78 is 10.4. The predicted molar refractivity (Wildman–Crippen MR) is 88.7 cm³/mol. The molecule has 0 spiro atoms. The number of benzene rings is 1. The molecule has 0 aliphatic heterocycles. The lowest BCUT2D eigenvalue weighted by atomic mass is 10.2. The van der Waals surface area contributed by atoms with Gasteiger partial charge in [0.2, 0.25) is 5.91 Å². The van der Waals surface area contributed by atoms with Crippen molar-refractivity contribution in [1.29, 1.82) is 0 Å². The Hall–Kier alpha value is -2.34. The third-order valence-electron chi connectivity index (χ3n) is 2.98. The van der Waals surface area contributed by atoms with Crippen molar-refractivity contribution in [2.75, 3.05) is 19.5 Å². The van der Waals surface area contributed by atoms with E-state index in [4.69, 9.17) is 9.47 Å². The van der Waals surface area contributed by atoms with Gasteiger partial charge in [-0.1, -0.05) is 13.0 Å². The maximum absolute atomic E-state index is 11.9. The number of aromatic nitrogens is 1. The highest BCUT2D eigenvalue weighted by atomic mass is 32.1. The molecule has 0 bridgehead atoms. The van der Waals surface area contributed by atoms with E-state index in [9.17, 15) is 4.79 Å². The molecule has 2 aromatic rings. The van der Waals surface area contributed by atoms with Gasteiger partial charge in [0.15, 0.2) is 16.6 Å². The van der Waals surface area contributed by atoms with Crippen LogP contribution in [0.5, 0.6) is 11.5 Å². The summed E-state index contributed by atoms with van der Waals surface area (Å²) in [7, 11) is 3.16. The number of nitrogens with one attached hydrogen (secondary N) is 1. The first-order chi connectivity index (χ1) is 10.7. The van der Waals surface area contributed by atoms with E-state index in [1.165, 1.54) is 17.4 Å². The minimum Gasteiger partial charge on any atom is -0.493 e. The zero-order chi connectivity index (χ0) is 15.9. The second kappa shape index (κ2) is 7.61. The van der Waals surface area contributed by atoms with E-state index in [0.717, 1.165) is 17.7 Å². The standard InChI is InChI=1S/C16H18N2O3S/c1-4-12-10-22-16(17-12)18-15(19)8-6-11-5-7-13(20-2)14(9-11)21-3/h5-10H,4H2,1-3H3,(H,17,18,19)/b8-6+. The molecule has 1 amide bonds. The Kier molecular flexibility index (Phi) is 5.55. The molecule has 1 aromatic heterocycles. The number of hydrogen-bond acceptors (Lipinski definition) is 5. The maximum Gasteiger partial charge on any atom is 0.250 e. The van der Waals surface area contributed by atoms with Crippen LogP contribution < -0.4 is 14.8 Å². The van der Waals surface area contributed by atoms with Gasteiger partial charge in [0.25, 0.3) is 0 Å². The number of thiazole rings is 1. The molecule has 2 rings (SSSR count). The lowest BCUT2D eigenvalue weighted by molar-refractivity contribution is -0.111. The molecule has 1 heterocycles. The van der Waals surface area contributed by atoms with Crippen LogP contribution >= 0.6 is 11.3 Å². The number of methoxy groups -OCH3 is 2. The fourth-order valence-corrected chi connectivity index (χ4v) is 2.60. The number of hydrogen-bond donors (Lipinski definition) is 1. The molecule has 0 unspecified atom stereocenters. The molecule has 0 fully saturated rings. The summed E-state index contributed by atoms with van der Waals surface area (Å²) in [6, 6.07) is 5.45. The van der Waals surface area contributed by atoms with Crippen molar-refractivity contribution in [2.45, 2.75) is 13.3 Å². The SMILES string of the molecule is CCc1csc(NC(=O)/C=C/c2ccc(OC)c(OC)c2)n1. The third kappa shape index (κ3) is 4.08. The Morgan fingerprint density at radius 2 is 2.09 bits per heavy atom. The van der Waals surface area contributed by atoms with E-state index in [1.54, 1.807) is 32.4 Å². The number of amides is 1. The van der Waals surface area contributed by atoms with Crippen LogP contribution in [-0.2, 0) is 11.2 Å². The van der Waals surface area contributed by atoms with Crippen LogP contribution in [0.15, 0.2) is 29.7 Å². The molecule has 0 radical (unpaired) electrons. The smallest absolute Gasteiger partial charge is 0.250 e. The molecule has 5 nitrogen and oxygen atoms in total. The minimum absolute atomic E-state index is 0.216. The van der Waals surface area contributed by atoms with Crippen molar-refractivity contribution in [3.63, 3.8) is 0 Å². The van der Waals surface area contributed by atoms with Gasteiger partial charge in [0.1, 0.15) is 0 Å². The quantitative estimate of drug-likeness (QED) is 0.830. The van der Waals surface area contributed by atoms with Crippen molar-refractivity contribution >= 4 is 28.5 Å². The Labute approximate surface area is 133 Å². The van der Waals surface area contributed by atoms with Crippen LogP contribution in [0, 0.1) is 0 Å². The first-order valence-electron chi connectivity index (χ1n) is 6.81. The molecule has 0 atom stereocenters. The number of aryl methyl sites for hydroxylation is 1. The summed E-state index contributed by atoms with van der Waals surface area (Å²) in [6.07, 6.45) is 4.04. The number of anilines is 1. The molecule has 6 heteroatoms. The van der Waals surface area contributed by atoms with E-state index in [2.05, 4.69) is 10.3 Å². The van der Waals surface area contributed by atoms with E-state index in [-0.39, 0.29) is 5.91 Å². The summed E-state index contributed by atoms with van der Waals surface area (Å²) in [4.78, 5) is 16.2. The molecule has 116 valence electrons. The zero-order valence-electron chi connectivity index (χ0n) is 12.8. The summed E-state index contributed by atoms with van der Waals surface area (Å²) in [5.41, 5.74) is 1.82. The second-order valence-electron chi connectivity index (χ2n) is 4.43. The van der Waals surface area contributed by atoms with Crippen LogP contribution in [0.3, 0.4) is 0 Å². The van der Waals surface area contributed by atoms with Crippen LogP contribution in [0.1, 0.15) is 18.2 Å². The first kappa shape index (κ1) is 16.0. The summed E-state index contributed by atoms with van der Waals surface area (Å²) in [5.74, 6) is 1.06. The third-order valence-corrected chi connectivity index (χ3v) is 3.79. The number of ether oxygens (including phenoxy) is 2. The highest BCUT2D eigenvalue weighted by Gasteiger charge is 2.05. The molecule has 0 aliphatic rings. The molecule has 0 aliphatic carbocycles.